The van der Waals surface area contributed by atoms with E-state index in [1.807, 2.05) is 30.3 Å². The van der Waals surface area contributed by atoms with Crippen molar-refractivity contribution >= 4 is 16.8 Å². The van der Waals surface area contributed by atoms with Crippen LogP contribution in [0.3, 0.4) is 0 Å². The Balaban J connectivity index is 1.64. The summed E-state index contributed by atoms with van der Waals surface area (Å²) >= 11 is 0. The average Bonchev–Trinajstić information content (AvgIpc) is 2.58. The molecule has 3 aromatic rings. The molecule has 1 aromatic heterocycles. The number of hydroxylamine groups is 1. The van der Waals surface area contributed by atoms with Crippen molar-refractivity contribution < 1.29 is 14.0 Å². The van der Waals surface area contributed by atoms with Crippen molar-refractivity contribution in [2.24, 2.45) is 0 Å². The summed E-state index contributed by atoms with van der Waals surface area (Å²) in [4.78, 5) is 33.2. The molecule has 1 heterocycles. The summed E-state index contributed by atoms with van der Waals surface area (Å²) in [6.45, 7) is -0.0231. The van der Waals surface area contributed by atoms with Crippen molar-refractivity contribution in [1.29, 1.82) is 0 Å². The zero-order valence-corrected chi connectivity index (χ0v) is 12.6. The molecule has 7 heteroatoms. The van der Waals surface area contributed by atoms with E-state index in [2.05, 4.69) is 10.5 Å². The van der Waals surface area contributed by atoms with Gasteiger partial charge in [0.1, 0.15) is 12.4 Å². The van der Waals surface area contributed by atoms with E-state index >= 15 is 0 Å². The highest BCUT2D eigenvalue weighted by Gasteiger charge is 2.09. The molecular weight excluding hydrogens is 313 g/mol. The second-order valence-corrected chi connectivity index (χ2v) is 5.14. The number of aromatic nitrogens is 2. The predicted molar refractivity (Wildman–Crippen MR) is 85.3 cm³/mol. The first-order valence-corrected chi connectivity index (χ1v) is 7.23. The first-order chi connectivity index (χ1) is 11.6. The van der Waals surface area contributed by atoms with Gasteiger partial charge in [0.25, 0.3) is 11.5 Å². The maximum absolute atomic E-state index is 13.1. The highest BCUT2D eigenvalue weighted by atomic mass is 19.1. The fourth-order valence-corrected chi connectivity index (χ4v) is 2.21. The molecule has 0 atom stereocenters. The number of halogens is 1. The molecule has 6 nitrogen and oxygen atoms in total. The fourth-order valence-electron chi connectivity index (χ4n) is 2.21. The van der Waals surface area contributed by atoms with Crippen molar-refractivity contribution in [1.82, 2.24) is 15.0 Å². The molecule has 0 saturated heterocycles. The van der Waals surface area contributed by atoms with Crippen molar-refractivity contribution in [2.45, 2.75) is 13.2 Å². The molecule has 3 rings (SSSR count). The lowest BCUT2D eigenvalue weighted by Crippen LogP contribution is -2.32. The Morgan fingerprint density at radius 1 is 1.21 bits per heavy atom. The molecule has 0 saturated carbocycles. The van der Waals surface area contributed by atoms with Gasteiger partial charge in [0.2, 0.25) is 0 Å². The summed E-state index contributed by atoms with van der Waals surface area (Å²) in [6, 6.07) is 13.0. The maximum atomic E-state index is 13.1. The molecule has 0 fully saturated rings. The summed E-state index contributed by atoms with van der Waals surface area (Å²) < 4.78 is 14.3. The predicted octanol–water partition coefficient (Wildman–Crippen LogP) is 1.78. The third-order valence-electron chi connectivity index (χ3n) is 3.37. The lowest BCUT2D eigenvalue weighted by Gasteiger charge is -2.08. The topological polar surface area (TPSA) is 73.2 Å². The van der Waals surface area contributed by atoms with Crippen molar-refractivity contribution in [3.63, 3.8) is 0 Å². The second kappa shape index (κ2) is 7.01. The molecule has 0 unspecified atom stereocenters. The first-order valence-electron chi connectivity index (χ1n) is 7.23. The minimum absolute atomic E-state index is 0.219. The quantitative estimate of drug-likeness (QED) is 0.725. The fraction of sp³-hybridized carbons (Fsp3) is 0.118. The van der Waals surface area contributed by atoms with Gasteiger partial charge in [0.05, 0.1) is 23.8 Å². The van der Waals surface area contributed by atoms with Gasteiger partial charge in [0, 0.05) is 6.07 Å². The molecular formula is C17H14FN3O3. The molecule has 0 aliphatic carbocycles. The van der Waals surface area contributed by atoms with Crippen LogP contribution in [0.2, 0.25) is 0 Å². The third kappa shape index (κ3) is 3.64. The van der Waals surface area contributed by atoms with E-state index in [4.69, 9.17) is 4.84 Å². The van der Waals surface area contributed by atoms with Gasteiger partial charge in [-0.15, -0.1) is 0 Å². The van der Waals surface area contributed by atoms with E-state index < -0.39 is 17.3 Å². The summed E-state index contributed by atoms with van der Waals surface area (Å²) in [5.74, 6) is -0.963. The zero-order valence-electron chi connectivity index (χ0n) is 12.6. The van der Waals surface area contributed by atoms with Crippen LogP contribution in [0.15, 0.2) is 59.7 Å². The van der Waals surface area contributed by atoms with Crippen LogP contribution in [0.4, 0.5) is 4.39 Å². The van der Waals surface area contributed by atoms with Crippen LogP contribution in [-0.4, -0.2) is 15.5 Å². The van der Waals surface area contributed by atoms with Gasteiger partial charge < -0.3 is 0 Å². The van der Waals surface area contributed by atoms with E-state index in [0.29, 0.717) is 0 Å². The van der Waals surface area contributed by atoms with Crippen LogP contribution in [0.5, 0.6) is 0 Å². The van der Waals surface area contributed by atoms with Gasteiger partial charge in [-0.25, -0.2) is 14.9 Å². The normalized spacial score (nSPS) is 10.7. The minimum Gasteiger partial charge on any atom is -0.289 e. The van der Waals surface area contributed by atoms with Crippen LogP contribution in [0.1, 0.15) is 5.56 Å². The standard InChI is InChI=1S/C17H14FN3O3/c18-13-6-7-14-15(8-13)19-11-21(17(14)23)9-16(22)20-24-10-12-4-2-1-3-5-12/h1-8,11H,9-10H2,(H,20,22). The molecule has 0 aliphatic rings. The lowest BCUT2D eigenvalue weighted by atomic mass is 10.2. The summed E-state index contributed by atoms with van der Waals surface area (Å²) in [5.41, 5.74) is 3.01. The monoisotopic (exact) mass is 327 g/mol. The Kier molecular flexibility index (Phi) is 4.62. The number of nitrogens with one attached hydrogen (secondary N) is 1. The van der Waals surface area contributed by atoms with Gasteiger partial charge in [-0.05, 0) is 17.7 Å². The highest BCUT2D eigenvalue weighted by Crippen LogP contribution is 2.08. The molecule has 1 N–H and O–H groups in total. The number of hydrogen-bond acceptors (Lipinski definition) is 4. The average molecular weight is 327 g/mol. The smallest absolute Gasteiger partial charge is 0.263 e. The van der Waals surface area contributed by atoms with E-state index in [1.165, 1.54) is 24.5 Å². The Bertz CT molecular complexity index is 925. The maximum Gasteiger partial charge on any atom is 0.263 e. The highest BCUT2D eigenvalue weighted by molar-refractivity contribution is 5.78. The van der Waals surface area contributed by atoms with Crippen molar-refractivity contribution in [3.05, 3.63) is 76.6 Å². The molecule has 0 aliphatic heterocycles. The number of hydrogen-bond donors (Lipinski definition) is 1. The number of fused-ring (bicyclic) bond motifs is 1. The third-order valence-corrected chi connectivity index (χ3v) is 3.37. The number of carbonyl (C=O) groups is 1. The number of rotatable bonds is 5. The SMILES string of the molecule is O=C(Cn1cnc2cc(F)ccc2c1=O)NOCc1ccccc1. The van der Waals surface area contributed by atoms with Crippen LogP contribution >= 0.6 is 0 Å². The van der Waals surface area contributed by atoms with Gasteiger partial charge in [-0.1, -0.05) is 30.3 Å². The number of benzene rings is 2. The van der Waals surface area contributed by atoms with Crippen molar-refractivity contribution in [2.75, 3.05) is 0 Å². The lowest BCUT2D eigenvalue weighted by molar-refractivity contribution is -0.135. The van der Waals surface area contributed by atoms with Crippen LogP contribution in [-0.2, 0) is 22.8 Å². The molecule has 0 spiro atoms. The Hall–Kier alpha value is -3.06. The molecule has 0 bridgehead atoms. The Morgan fingerprint density at radius 2 is 2.00 bits per heavy atom. The minimum atomic E-state index is -0.490. The number of carbonyl (C=O) groups excluding carboxylic acids is 1. The van der Waals surface area contributed by atoms with E-state index in [9.17, 15) is 14.0 Å². The second-order valence-electron chi connectivity index (χ2n) is 5.14. The summed E-state index contributed by atoms with van der Waals surface area (Å²) in [5, 5.41) is 0.247. The molecule has 2 aromatic carbocycles. The molecule has 24 heavy (non-hydrogen) atoms. The van der Waals surface area contributed by atoms with E-state index in [0.717, 1.165) is 10.1 Å². The first kappa shape index (κ1) is 15.8. The summed E-state index contributed by atoms with van der Waals surface area (Å²) in [6.07, 6.45) is 1.21. The van der Waals surface area contributed by atoms with E-state index in [-0.39, 0.29) is 24.1 Å². The number of amides is 1. The van der Waals surface area contributed by atoms with Crippen LogP contribution in [0, 0.1) is 5.82 Å². The molecule has 1 amide bonds. The van der Waals surface area contributed by atoms with Gasteiger partial charge >= 0.3 is 0 Å². The van der Waals surface area contributed by atoms with Crippen LogP contribution in [0.25, 0.3) is 10.9 Å². The van der Waals surface area contributed by atoms with Crippen molar-refractivity contribution in [3.8, 4) is 0 Å². The van der Waals surface area contributed by atoms with Gasteiger partial charge in [-0.2, -0.15) is 0 Å². The largest absolute Gasteiger partial charge is 0.289 e. The molecule has 0 radical (unpaired) electrons. The van der Waals surface area contributed by atoms with Gasteiger partial charge in [-0.3, -0.25) is 19.0 Å². The van der Waals surface area contributed by atoms with Gasteiger partial charge in [0.15, 0.2) is 0 Å². The molecule has 122 valence electrons. The van der Waals surface area contributed by atoms with Crippen LogP contribution < -0.4 is 11.0 Å². The summed E-state index contributed by atoms with van der Waals surface area (Å²) in [7, 11) is 0. The Morgan fingerprint density at radius 3 is 2.79 bits per heavy atom. The number of nitrogens with zero attached hydrogens (tertiary/aromatic N) is 2. The Labute approximate surface area is 136 Å². The zero-order chi connectivity index (χ0) is 16.9. The van der Waals surface area contributed by atoms with E-state index in [1.54, 1.807) is 0 Å².